The summed E-state index contributed by atoms with van der Waals surface area (Å²) in [5.74, 6) is 0.842. The predicted molar refractivity (Wildman–Crippen MR) is 69.1 cm³/mol. The summed E-state index contributed by atoms with van der Waals surface area (Å²) >= 11 is 0. The molecular weight excluding hydrogens is 194 g/mol. The molecular formula is C15H21N. The van der Waals surface area contributed by atoms with E-state index in [4.69, 9.17) is 0 Å². The number of aryl methyl sites for hydroxylation is 1. The Morgan fingerprint density at radius 3 is 2.88 bits per heavy atom. The lowest BCUT2D eigenvalue weighted by Crippen LogP contribution is -2.24. The Labute approximate surface area is 98.3 Å². The molecule has 3 rings (SSSR count). The SMILES string of the molecule is CCC1CNc2c(ccc3c2CCCC3)C1. The average molecular weight is 215 g/mol. The minimum absolute atomic E-state index is 0.842. The highest BCUT2D eigenvalue weighted by Gasteiger charge is 2.22. The van der Waals surface area contributed by atoms with Crippen LogP contribution >= 0.6 is 0 Å². The van der Waals surface area contributed by atoms with Crippen LogP contribution in [0.2, 0.25) is 0 Å². The molecule has 1 N–H and O–H groups in total. The molecule has 0 amide bonds. The van der Waals surface area contributed by atoms with Gasteiger partial charge in [-0.3, -0.25) is 0 Å². The maximum atomic E-state index is 3.69. The van der Waals surface area contributed by atoms with Gasteiger partial charge >= 0.3 is 0 Å². The molecule has 1 heterocycles. The fraction of sp³-hybridized carbons (Fsp3) is 0.600. The Morgan fingerprint density at radius 2 is 2.00 bits per heavy atom. The second-order valence-corrected chi connectivity index (χ2v) is 5.30. The first-order chi connectivity index (χ1) is 7.88. The molecule has 1 aromatic rings. The zero-order valence-corrected chi connectivity index (χ0v) is 10.2. The summed E-state index contributed by atoms with van der Waals surface area (Å²) in [6, 6.07) is 4.75. The Hall–Kier alpha value is -0.980. The molecule has 1 aliphatic carbocycles. The van der Waals surface area contributed by atoms with Crippen molar-refractivity contribution in [2.75, 3.05) is 11.9 Å². The van der Waals surface area contributed by atoms with Gasteiger partial charge in [0.2, 0.25) is 0 Å². The summed E-state index contributed by atoms with van der Waals surface area (Å²) in [5, 5.41) is 3.69. The normalized spacial score (nSPS) is 23.2. The lowest BCUT2D eigenvalue weighted by atomic mass is 9.84. The molecule has 0 spiro atoms. The molecule has 16 heavy (non-hydrogen) atoms. The number of fused-ring (bicyclic) bond motifs is 3. The summed E-state index contributed by atoms with van der Waals surface area (Å²) in [6.45, 7) is 3.48. The molecule has 1 aromatic carbocycles. The van der Waals surface area contributed by atoms with Crippen molar-refractivity contribution in [1.29, 1.82) is 0 Å². The van der Waals surface area contributed by atoms with Crippen LogP contribution in [0.4, 0.5) is 5.69 Å². The molecule has 0 radical (unpaired) electrons. The zero-order chi connectivity index (χ0) is 11.0. The van der Waals surface area contributed by atoms with Crippen molar-refractivity contribution >= 4 is 5.69 Å². The van der Waals surface area contributed by atoms with E-state index in [-0.39, 0.29) is 0 Å². The van der Waals surface area contributed by atoms with Gasteiger partial charge in [0, 0.05) is 12.2 Å². The molecule has 1 atom stereocenters. The highest BCUT2D eigenvalue weighted by atomic mass is 14.9. The van der Waals surface area contributed by atoms with Crippen LogP contribution in [0.3, 0.4) is 0 Å². The number of rotatable bonds is 1. The van der Waals surface area contributed by atoms with Crippen LogP contribution in [-0.4, -0.2) is 6.54 Å². The van der Waals surface area contributed by atoms with Gasteiger partial charge in [0.1, 0.15) is 0 Å². The van der Waals surface area contributed by atoms with Gasteiger partial charge in [0.05, 0.1) is 0 Å². The fourth-order valence-corrected chi connectivity index (χ4v) is 3.19. The summed E-state index contributed by atoms with van der Waals surface area (Å²) < 4.78 is 0. The number of nitrogens with one attached hydrogen (secondary N) is 1. The van der Waals surface area contributed by atoms with Crippen molar-refractivity contribution in [3.05, 3.63) is 28.8 Å². The van der Waals surface area contributed by atoms with E-state index in [0.29, 0.717) is 0 Å². The van der Waals surface area contributed by atoms with Crippen LogP contribution in [-0.2, 0) is 19.3 Å². The lowest BCUT2D eigenvalue weighted by Gasteiger charge is -2.30. The number of benzene rings is 1. The van der Waals surface area contributed by atoms with Crippen LogP contribution in [0.25, 0.3) is 0 Å². The van der Waals surface area contributed by atoms with E-state index >= 15 is 0 Å². The van der Waals surface area contributed by atoms with Crippen molar-refractivity contribution in [2.24, 2.45) is 5.92 Å². The average Bonchev–Trinajstić information content (AvgIpc) is 2.38. The molecule has 86 valence electrons. The van der Waals surface area contributed by atoms with Crippen molar-refractivity contribution in [1.82, 2.24) is 0 Å². The van der Waals surface area contributed by atoms with Crippen molar-refractivity contribution in [3.63, 3.8) is 0 Å². The van der Waals surface area contributed by atoms with Crippen LogP contribution in [0.15, 0.2) is 12.1 Å². The van der Waals surface area contributed by atoms with Gasteiger partial charge in [-0.1, -0.05) is 25.5 Å². The van der Waals surface area contributed by atoms with Gasteiger partial charge in [-0.25, -0.2) is 0 Å². The quantitative estimate of drug-likeness (QED) is 0.755. The monoisotopic (exact) mass is 215 g/mol. The van der Waals surface area contributed by atoms with Gasteiger partial charge in [-0.15, -0.1) is 0 Å². The van der Waals surface area contributed by atoms with Crippen LogP contribution in [0.5, 0.6) is 0 Å². The number of hydrogen-bond donors (Lipinski definition) is 1. The molecule has 1 unspecified atom stereocenters. The maximum absolute atomic E-state index is 3.69. The van der Waals surface area contributed by atoms with Crippen LogP contribution < -0.4 is 5.32 Å². The van der Waals surface area contributed by atoms with Crippen LogP contribution in [0.1, 0.15) is 42.9 Å². The smallest absolute Gasteiger partial charge is 0.0408 e. The van der Waals surface area contributed by atoms with Crippen molar-refractivity contribution in [2.45, 2.75) is 45.4 Å². The van der Waals surface area contributed by atoms with Gasteiger partial charge in [-0.2, -0.15) is 0 Å². The Balaban J connectivity index is 1.99. The number of anilines is 1. The standard InChI is InChI=1S/C15H21N/c1-2-11-9-13-8-7-12-5-3-4-6-14(12)15(13)16-10-11/h7-8,11,16H,2-6,9-10H2,1H3. The minimum atomic E-state index is 0.842. The first-order valence-corrected chi connectivity index (χ1v) is 6.76. The van der Waals surface area contributed by atoms with E-state index in [0.717, 1.165) is 5.92 Å². The highest BCUT2D eigenvalue weighted by Crippen LogP contribution is 2.35. The van der Waals surface area contributed by atoms with Gasteiger partial charge < -0.3 is 5.32 Å². The zero-order valence-electron chi connectivity index (χ0n) is 10.2. The molecule has 1 aliphatic heterocycles. The topological polar surface area (TPSA) is 12.0 Å². The molecule has 0 bridgehead atoms. The Morgan fingerprint density at radius 1 is 1.19 bits per heavy atom. The molecule has 0 saturated carbocycles. The minimum Gasteiger partial charge on any atom is -0.384 e. The van der Waals surface area contributed by atoms with E-state index in [1.165, 1.54) is 50.8 Å². The first kappa shape index (κ1) is 10.2. The first-order valence-electron chi connectivity index (χ1n) is 6.76. The summed E-state index contributed by atoms with van der Waals surface area (Å²) in [6.07, 6.45) is 7.92. The molecule has 0 aromatic heterocycles. The fourth-order valence-electron chi connectivity index (χ4n) is 3.19. The second kappa shape index (κ2) is 4.12. The van der Waals surface area contributed by atoms with E-state index in [9.17, 15) is 0 Å². The highest BCUT2D eigenvalue weighted by molar-refractivity contribution is 5.62. The number of hydrogen-bond acceptors (Lipinski definition) is 1. The Bertz CT molecular complexity index is 395. The van der Waals surface area contributed by atoms with Crippen LogP contribution in [0, 0.1) is 5.92 Å². The molecule has 0 saturated heterocycles. The maximum Gasteiger partial charge on any atom is 0.0408 e. The van der Waals surface area contributed by atoms with E-state index in [1.807, 2.05) is 0 Å². The van der Waals surface area contributed by atoms with Crippen molar-refractivity contribution < 1.29 is 0 Å². The van der Waals surface area contributed by atoms with Gasteiger partial charge in [-0.05, 0) is 54.7 Å². The van der Waals surface area contributed by atoms with E-state index < -0.39 is 0 Å². The largest absolute Gasteiger partial charge is 0.384 e. The van der Waals surface area contributed by atoms with Gasteiger partial charge in [0.25, 0.3) is 0 Å². The molecule has 2 aliphatic rings. The molecule has 1 nitrogen and oxygen atoms in total. The summed E-state index contributed by atoms with van der Waals surface area (Å²) in [4.78, 5) is 0. The third-order valence-electron chi connectivity index (χ3n) is 4.27. The molecule has 0 fully saturated rings. The summed E-state index contributed by atoms with van der Waals surface area (Å²) in [5.41, 5.74) is 6.31. The van der Waals surface area contributed by atoms with E-state index in [2.05, 4.69) is 24.4 Å². The summed E-state index contributed by atoms with van der Waals surface area (Å²) in [7, 11) is 0. The van der Waals surface area contributed by atoms with Crippen molar-refractivity contribution in [3.8, 4) is 0 Å². The Kier molecular flexibility index (Phi) is 2.62. The van der Waals surface area contributed by atoms with Gasteiger partial charge in [0.15, 0.2) is 0 Å². The van der Waals surface area contributed by atoms with E-state index in [1.54, 1.807) is 16.7 Å². The second-order valence-electron chi connectivity index (χ2n) is 5.30. The third-order valence-corrected chi connectivity index (χ3v) is 4.27. The lowest BCUT2D eigenvalue weighted by molar-refractivity contribution is 0.518. The third kappa shape index (κ3) is 1.63. The molecule has 1 heteroatoms. The predicted octanol–water partition coefficient (Wildman–Crippen LogP) is 3.56.